The molecule has 2 aliphatic carbocycles. The lowest BCUT2D eigenvalue weighted by atomic mass is 9.85. The summed E-state index contributed by atoms with van der Waals surface area (Å²) in [6, 6.07) is -2.22. The molecule has 0 radical (unpaired) electrons. The van der Waals surface area contributed by atoms with Gasteiger partial charge in [0.25, 0.3) is 5.91 Å². The highest BCUT2D eigenvalue weighted by Gasteiger charge is 2.62. The van der Waals surface area contributed by atoms with Gasteiger partial charge in [0.2, 0.25) is 21.8 Å². The molecule has 0 aromatic carbocycles. The van der Waals surface area contributed by atoms with E-state index >= 15 is 0 Å². The zero-order chi connectivity index (χ0) is 28.8. The molecule has 38 heavy (non-hydrogen) atoms. The number of carbonyl (C=O) groups excluding carboxylic acids is 4. The number of amides is 4. The summed E-state index contributed by atoms with van der Waals surface area (Å²) in [4.78, 5) is 53.8. The molecule has 5 atom stereocenters. The number of aliphatic hydroxyl groups is 1. The molecule has 214 valence electrons. The number of sulfonamides is 1. The molecular formula is C25H40N4O8S. The first kappa shape index (κ1) is 29.9. The quantitative estimate of drug-likeness (QED) is 0.314. The van der Waals surface area contributed by atoms with Crippen LogP contribution in [0.5, 0.6) is 0 Å². The number of aliphatic hydroxyl groups excluding tert-OH is 1. The van der Waals surface area contributed by atoms with Crippen LogP contribution in [0, 0.1) is 11.3 Å². The topological polar surface area (TPSA) is 171 Å². The first-order valence-corrected chi connectivity index (χ1v) is 14.3. The summed E-state index contributed by atoms with van der Waals surface area (Å²) < 4.78 is 32.1. The minimum atomic E-state index is -3.84. The Hall–Kier alpha value is -2.67. The fraction of sp³-hybridized carbons (Fsp3) is 0.760. The predicted molar refractivity (Wildman–Crippen MR) is 138 cm³/mol. The molecule has 2 unspecified atom stereocenters. The highest BCUT2D eigenvalue weighted by atomic mass is 32.2. The van der Waals surface area contributed by atoms with E-state index in [1.54, 1.807) is 41.5 Å². The van der Waals surface area contributed by atoms with Gasteiger partial charge in [0.1, 0.15) is 23.2 Å². The summed E-state index contributed by atoms with van der Waals surface area (Å²) in [5.41, 5.74) is -3.08. The van der Waals surface area contributed by atoms with Crippen LogP contribution in [0.25, 0.3) is 0 Å². The van der Waals surface area contributed by atoms with Crippen molar-refractivity contribution < 1.29 is 37.4 Å². The molecule has 4 amide bonds. The lowest BCUT2D eigenvalue weighted by Gasteiger charge is -2.36. The van der Waals surface area contributed by atoms with Crippen molar-refractivity contribution in [3.05, 3.63) is 12.7 Å². The molecule has 1 aliphatic heterocycles. The van der Waals surface area contributed by atoms with Gasteiger partial charge in [-0.25, -0.2) is 13.2 Å². The number of β-amino-alcohol motifs (C(OH)–C–C–N with tert-alkyl or cyclic N) is 1. The molecule has 0 bridgehead atoms. The van der Waals surface area contributed by atoms with Crippen molar-refractivity contribution in [1.29, 1.82) is 0 Å². The highest BCUT2D eigenvalue weighted by Crippen LogP contribution is 2.45. The molecular weight excluding hydrogens is 516 g/mol. The van der Waals surface area contributed by atoms with Crippen molar-refractivity contribution in [3.8, 4) is 0 Å². The number of nitrogens with zero attached hydrogens (tertiary/aromatic N) is 1. The summed E-state index contributed by atoms with van der Waals surface area (Å²) in [7, 11) is -3.84. The number of hydrogen-bond donors (Lipinski definition) is 4. The number of nitrogens with one attached hydrogen (secondary N) is 3. The van der Waals surface area contributed by atoms with Gasteiger partial charge in [0.05, 0.1) is 11.4 Å². The number of ether oxygens (including phenoxy) is 1. The van der Waals surface area contributed by atoms with Crippen molar-refractivity contribution in [3.63, 3.8) is 0 Å². The second-order valence-electron chi connectivity index (χ2n) is 12.5. The summed E-state index contributed by atoms with van der Waals surface area (Å²) in [5.74, 6) is -2.64. The first-order valence-electron chi connectivity index (χ1n) is 12.8. The van der Waals surface area contributed by atoms with E-state index in [9.17, 15) is 32.7 Å². The molecule has 13 heteroatoms. The number of rotatable bonds is 8. The van der Waals surface area contributed by atoms with Gasteiger partial charge in [-0.1, -0.05) is 26.8 Å². The van der Waals surface area contributed by atoms with E-state index in [4.69, 9.17) is 4.74 Å². The molecule has 2 saturated carbocycles. The molecule has 0 spiro atoms. The third-order valence-corrected chi connectivity index (χ3v) is 8.71. The zero-order valence-corrected chi connectivity index (χ0v) is 23.7. The van der Waals surface area contributed by atoms with E-state index in [1.165, 1.54) is 11.0 Å². The molecule has 0 aromatic heterocycles. The van der Waals surface area contributed by atoms with Crippen LogP contribution in [0.3, 0.4) is 0 Å². The third-order valence-electron chi connectivity index (χ3n) is 6.89. The van der Waals surface area contributed by atoms with Crippen LogP contribution < -0.4 is 15.4 Å². The number of alkyl carbamates (subject to hydrolysis) is 1. The average molecular weight is 557 g/mol. The largest absolute Gasteiger partial charge is 0.444 e. The molecule has 1 heterocycles. The zero-order valence-electron chi connectivity index (χ0n) is 22.9. The van der Waals surface area contributed by atoms with Crippen LogP contribution in [0.4, 0.5) is 4.79 Å². The minimum absolute atomic E-state index is 0.0856. The van der Waals surface area contributed by atoms with Crippen LogP contribution in [-0.2, 0) is 29.1 Å². The Bertz CT molecular complexity index is 1110. The Morgan fingerprint density at radius 3 is 2.21 bits per heavy atom. The number of hydrogen-bond acceptors (Lipinski definition) is 8. The minimum Gasteiger partial charge on any atom is -0.444 e. The van der Waals surface area contributed by atoms with Gasteiger partial charge in [-0.2, -0.15) is 0 Å². The van der Waals surface area contributed by atoms with Gasteiger partial charge in [0.15, 0.2) is 0 Å². The Kier molecular flexibility index (Phi) is 7.97. The van der Waals surface area contributed by atoms with E-state index in [2.05, 4.69) is 21.9 Å². The lowest BCUT2D eigenvalue weighted by molar-refractivity contribution is -0.143. The van der Waals surface area contributed by atoms with Gasteiger partial charge in [-0.15, -0.1) is 6.58 Å². The molecule has 4 N–H and O–H groups in total. The van der Waals surface area contributed by atoms with E-state index in [-0.39, 0.29) is 19.4 Å². The maximum atomic E-state index is 13.6. The predicted octanol–water partition coefficient (Wildman–Crippen LogP) is 0.557. The van der Waals surface area contributed by atoms with Crippen LogP contribution >= 0.6 is 0 Å². The monoisotopic (exact) mass is 556 g/mol. The average Bonchev–Trinajstić information content (AvgIpc) is 3.66. The summed E-state index contributed by atoms with van der Waals surface area (Å²) in [6.07, 6.45) is 0.667. The van der Waals surface area contributed by atoms with E-state index < -0.39 is 79.7 Å². The smallest absolute Gasteiger partial charge is 0.408 e. The second kappa shape index (κ2) is 10.1. The van der Waals surface area contributed by atoms with Crippen LogP contribution in [0.15, 0.2) is 12.7 Å². The summed E-state index contributed by atoms with van der Waals surface area (Å²) in [5, 5.41) is 15.0. The molecule has 0 aromatic rings. The van der Waals surface area contributed by atoms with Crippen molar-refractivity contribution in [1.82, 2.24) is 20.3 Å². The van der Waals surface area contributed by atoms with Crippen molar-refractivity contribution in [2.45, 2.75) is 102 Å². The number of likely N-dealkylation sites (tertiary alicyclic amines) is 1. The maximum absolute atomic E-state index is 13.6. The highest BCUT2D eigenvalue weighted by molar-refractivity contribution is 7.91. The lowest BCUT2D eigenvalue weighted by Crippen LogP contribution is -2.60. The molecule has 3 aliphatic rings. The van der Waals surface area contributed by atoms with Gasteiger partial charge in [-0.3, -0.25) is 19.1 Å². The standard InChI is InChI=1S/C25H40N4O8S/c1-8-14-12-25(14,21(33)28-38(35,36)16-9-10-16)27-19(31)17-11-15(30)13-29(17)20(32)18(23(2,3)4)26-22(34)37-24(5,6)7/h8,14-18,30H,1,9-13H2,2-7H3,(H,26,34)(H,27,31)(H,28,33)/t14?,15-,17+,18-,25?/m1/s1. The Morgan fingerprint density at radius 2 is 1.74 bits per heavy atom. The van der Waals surface area contributed by atoms with Gasteiger partial charge >= 0.3 is 6.09 Å². The maximum Gasteiger partial charge on any atom is 0.408 e. The Balaban J connectivity index is 1.79. The fourth-order valence-electron chi connectivity index (χ4n) is 4.56. The van der Waals surface area contributed by atoms with Crippen molar-refractivity contribution in [2.75, 3.05) is 6.54 Å². The molecule has 3 fully saturated rings. The molecule has 12 nitrogen and oxygen atoms in total. The van der Waals surface area contributed by atoms with E-state index in [0.29, 0.717) is 12.8 Å². The van der Waals surface area contributed by atoms with Crippen LogP contribution in [0.1, 0.15) is 67.2 Å². The molecule has 1 saturated heterocycles. The normalized spacial score (nSPS) is 28.2. The Labute approximate surface area is 224 Å². The summed E-state index contributed by atoms with van der Waals surface area (Å²) >= 11 is 0. The van der Waals surface area contributed by atoms with E-state index in [1.807, 2.05) is 0 Å². The van der Waals surface area contributed by atoms with Gasteiger partial charge < -0.3 is 25.4 Å². The number of carbonyl (C=O) groups is 4. The fourth-order valence-corrected chi connectivity index (χ4v) is 5.93. The van der Waals surface area contributed by atoms with Crippen molar-refractivity contribution >= 4 is 33.8 Å². The van der Waals surface area contributed by atoms with E-state index in [0.717, 1.165) is 0 Å². The van der Waals surface area contributed by atoms with Gasteiger partial charge in [-0.05, 0) is 45.4 Å². The van der Waals surface area contributed by atoms with Gasteiger partial charge in [0, 0.05) is 18.9 Å². The van der Waals surface area contributed by atoms with Crippen molar-refractivity contribution in [2.24, 2.45) is 11.3 Å². The SMILES string of the molecule is C=CC1CC1(NC(=O)[C@@H]1C[C@@H](O)CN1C(=O)[C@@H](NC(=O)OC(C)(C)C)C(C)(C)C)C(=O)NS(=O)(=O)C1CC1. The Morgan fingerprint density at radius 1 is 1.13 bits per heavy atom. The molecule has 3 rings (SSSR count). The summed E-state index contributed by atoms with van der Waals surface area (Å²) in [6.45, 7) is 13.8. The first-order chi connectivity index (χ1) is 17.3. The van der Waals surface area contributed by atoms with Crippen LogP contribution in [-0.4, -0.2) is 83.4 Å². The van der Waals surface area contributed by atoms with Crippen LogP contribution in [0.2, 0.25) is 0 Å². The second-order valence-corrected chi connectivity index (χ2v) is 14.5. The third kappa shape index (κ3) is 6.66.